The molecule has 0 unspecified atom stereocenters. The van der Waals surface area contributed by atoms with Gasteiger partial charge in [-0.25, -0.2) is 8.42 Å². The Hall–Kier alpha value is -1.07. The van der Waals surface area contributed by atoms with Crippen molar-refractivity contribution in [1.29, 1.82) is 0 Å². The van der Waals surface area contributed by atoms with Crippen LogP contribution in [0.5, 0.6) is 5.75 Å². The molecule has 1 aromatic carbocycles. The molecule has 18 heavy (non-hydrogen) atoms. The maximum Gasteiger partial charge on any atom is 0.150 e. The monoisotopic (exact) mass is 271 g/mol. The summed E-state index contributed by atoms with van der Waals surface area (Å²) in [5.41, 5.74) is 1.13. The smallest absolute Gasteiger partial charge is 0.150 e. The summed E-state index contributed by atoms with van der Waals surface area (Å²) in [4.78, 5) is 0. The van der Waals surface area contributed by atoms with Gasteiger partial charge in [-0.3, -0.25) is 0 Å². The molecule has 0 atom stereocenters. The minimum absolute atomic E-state index is 0.225. The second kappa shape index (κ2) is 7.38. The number of hydrogen-bond acceptors (Lipinski definition) is 4. The molecule has 0 bridgehead atoms. The number of methoxy groups -OCH3 is 1. The van der Waals surface area contributed by atoms with E-state index in [2.05, 4.69) is 5.32 Å². The van der Waals surface area contributed by atoms with Crippen LogP contribution >= 0.6 is 0 Å². The highest BCUT2D eigenvalue weighted by molar-refractivity contribution is 7.91. The Balaban J connectivity index is 2.25. The summed E-state index contributed by atoms with van der Waals surface area (Å²) >= 11 is 0. The molecule has 0 fully saturated rings. The molecule has 0 heterocycles. The lowest BCUT2D eigenvalue weighted by molar-refractivity contribution is 0.414. The normalized spacial score (nSPS) is 11.4. The van der Waals surface area contributed by atoms with E-state index in [0.717, 1.165) is 17.9 Å². The first kappa shape index (κ1) is 15.0. The molecule has 102 valence electrons. The van der Waals surface area contributed by atoms with Crippen molar-refractivity contribution in [3.8, 4) is 5.75 Å². The van der Waals surface area contributed by atoms with Crippen LogP contribution in [0.2, 0.25) is 0 Å². The average Bonchev–Trinajstić information content (AvgIpc) is 2.38. The van der Waals surface area contributed by atoms with Crippen LogP contribution in [-0.4, -0.2) is 33.6 Å². The molecule has 0 spiro atoms. The lowest BCUT2D eigenvalue weighted by Crippen LogP contribution is -2.19. The zero-order valence-corrected chi connectivity index (χ0v) is 11.8. The third kappa shape index (κ3) is 5.51. The van der Waals surface area contributed by atoms with Crippen molar-refractivity contribution < 1.29 is 13.2 Å². The molecule has 5 heteroatoms. The number of rotatable bonds is 8. The topological polar surface area (TPSA) is 55.4 Å². The minimum atomic E-state index is -2.84. The van der Waals surface area contributed by atoms with E-state index in [1.54, 1.807) is 14.0 Å². The van der Waals surface area contributed by atoms with Gasteiger partial charge in [0, 0.05) is 12.3 Å². The largest absolute Gasteiger partial charge is 0.497 e. The van der Waals surface area contributed by atoms with Crippen molar-refractivity contribution in [3.63, 3.8) is 0 Å². The Bertz CT molecular complexity index is 457. The van der Waals surface area contributed by atoms with Gasteiger partial charge >= 0.3 is 0 Å². The standard InChI is InChI=1S/C13H21NO3S/c1-3-18(15,16)9-5-8-14-11-12-6-4-7-13(10-12)17-2/h4,6-7,10,14H,3,5,8-9,11H2,1-2H3. The van der Waals surface area contributed by atoms with E-state index in [1.165, 1.54) is 0 Å². The first-order valence-corrected chi connectivity index (χ1v) is 7.93. The number of sulfone groups is 1. The van der Waals surface area contributed by atoms with Crippen molar-refractivity contribution in [2.45, 2.75) is 19.9 Å². The van der Waals surface area contributed by atoms with Crippen molar-refractivity contribution >= 4 is 9.84 Å². The van der Waals surface area contributed by atoms with Gasteiger partial charge in [-0.2, -0.15) is 0 Å². The Morgan fingerprint density at radius 3 is 2.78 bits per heavy atom. The third-order valence-electron chi connectivity index (χ3n) is 2.71. The van der Waals surface area contributed by atoms with E-state index in [0.29, 0.717) is 13.0 Å². The van der Waals surface area contributed by atoms with Crippen molar-refractivity contribution in [1.82, 2.24) is 5.32 Å². The summed E-state index contributed by atoms with van der Waals surface area (Å²) < 4.78 is 27.7. The summed E-state index contributed by atoms with van der Waals surface area (Å²) in [6, 6.07) is 7.82. The van der Waals surface area contributed by atoms with Gasteiger partial charge in [-0.15, -0.1) is 0 Å². The molecule has 4 nitrogen and oxygen atoms in total. The van der Waals surface area contributed by atoms with Gasteiger partial charge in [0.2, 0.25) is 0 Å². The van der Waals surface area contributed by atoms with Crippen LogP contribution in [0, 0.1) is 0 Å². The van der Waals surface area contributed by atoms with Crippen LogP contribution in [0.25, 0.3) is 0 Å². The Morgan fingerprint density at radius 1 is 1.33 bits per heavy atom. The Morgan fingerprint density at radius 2 is 2.11 bits per heavy atom. The molecule has 1 N–H and O–H groups in total. The van der Waals surface area contributed by atoms with E-state index in [1.807, 2.05) is 24.3 Å². The molecule has 0 aliphatic rings. The Kier molecular flexibility index (Phi) is 6.15. The maximum absolute atomic E-state index is 11.3. The quantitative estimate of drug-likeness (QED) is 0.730. The van der Waals surface area contributed by atoms with Crippen LogP contribution in [0.4, 0.5) is 0 Å². The predicted octanol–water partition coefficient (Wildman–Crippen LogP) is 1.61. The second-order valence-corrected chi connectivity index (χ2v) is 6.59. The summed E-state index contributed by atoms with van der Waals surface area (Å²) in [6.45, 7) is 3.11. The minimum Gasteiger partial charge on any atom is -0.497 e. The number of nitrogens with one attached hydrogen (secondary N) is 1. The average molecular weight is 271 g/mol. The predicted molar refractivity (Wildman–Crippen MR) is 73.6 cm³/mol. The van der Waals surface area contributed by atoms with E-state index in [-0.39, 0.29) is 11.5 Å². The fourth-order valence-corrected chi connectivity index (χ4v) is 2.45. The van der Waals surface area contributed by atoms with Gasteiger partial charge in [-0.1, -0.05) is 19.1 Å². The first-order valence-electron chi connectivity index (χ1n) is 6.11. The van der Waals surface area contributed by atoms with E-state index < -0.39 is 9.84 Å². The molecule has 0 aromatic heterocycles. The van der Waals surface area contributed by atoms with Gasteiger partial charge in [0.15, 0.2) is 0 Å². The SMILES string of the molecule is CCS(=O)(=O)CCCNCc1cccc(OC)c1. The van der Waals surface area contributed by atoms with Gasteiger partial charge in [0.25, 0.3) is 0 Å². The van der Waals surface area contributed by atoms with Crippen molar-refractivity contribution in [3.05, 3.63) is 29.8 Å². The van der Waals surface area contributed by atoms with Gasteiger partial charge in [-0.05, 0) is 30.7 Å². The number of hydrogen-bond donors (Lipinski definition) is 1. The maximum atomic E-state index is 11.3. The third-order valence-corrected chi connectivity index (χ3v) is 4.50. The van der Waals surface area contributed by atoms with Crippen molar-refractivity contribution in [2.24, 2.45) is 0 Å². The van der Waals surface area contributed by atoms with Gasteiger partial charge in [0.05, 0.1) is 12.9 Å². The van der Waals surface area contributed by atoms with E-state index in [4.69, 9.17) is 4.74 Å². The molecular formula is C13H21NO3S. The molecule has 0 saturated heterocycles. The second-order valence-electron chi connectivity index (χ2n) is 4.12. The molecular weight excluding hydrogens is 250 g/mol. The molecule has 0 amide bonds. The lowest BCUT2D eigenvalue weighted by Gasteiger charge is -2.06. The molecule has 0 saturated carbocycles. The van der Waals surface area contributed by atoms with Gasteiger partial charge < -0.3 is 10.1 Å². The zero-order valence-electron chi connectivity index (χ0n) is 11.0. The van der Waals surface area contributed by atoms with E-state index in [9.17, 15) is 8.42 Å². The van der Waals surface area contributed by atoms with Crippen LogP contribution in [-0.2, 0) is 16.4 Å². The summed E-state index contributed by atoms with van der Waals surface area (Å²) in [6.07, 6.45) is 0.653. The highest BCUT2D eigenvalue weighted by atomic mass is 32.2. The highest BCUT2D eigenvalue weighted by Crippen LogP contribution is 2.11. The highest BCUT2D eigenvalue weighted by Gasteiger charge is 2.05. The molecule has 0 aliphatic carbocycles. The van der Waals surface area contributed by atoms with Crippen LogP contribution in [0.15, 0.2) is 24.3 Å². The Labute approximate surface area is 109 Å². The van der Waals surface area contributed by atoms with Gasteiger partial charge in [0.1, 0.15) is 15.6 Å². The van der Waals surface area contributed by atoms with E-state index >= 15 is 0 Å². The molecule has 0 aliphatic heterocycles. The summed E-state index contributed by atoms with van der Waals surface area (Å²) in [5, 5.41) is 3.23. The molecule has 0 radical (unpaired) electrons. The fourth-order valence-electron chi connectivity index (χ4n) is 1.58. The van der Waals surface area contributed by atoms with Crippen molar-refractivity contribution in [2.75, 3.05) is 25.2 Å². The number of ether oxygens (including phenoxy) is 1. The van der Waals surface area contributed by atoms with Crippen LogP contribution in [0.3, 0.4) is 0 Å². The summed E-state index contributed by atoms with van der Waals surface area (Å²) in [7, 11) is -1.19. The lowest BCUT2D eigenvalue weighted by atomic mass is 10.2. The zero-order chi connectivity index (χ0) is 13.4. The first-order chi connectivity index (χ1) is 8.57. The van der Waals surface area contributed by atoms with Crippen LogP contribution < -0.4 is 10.1 Å². The fraction of sp³-hybridized carbons (Fsp3) is 0.538. The molecule has 1 aromatic rings. The summed E-state index contributed by atoms with van der Waals surface area (Å²) in [5.74, 6) is 1.32. The molecule has 1 rings (SSSR count). The van der Waals surface area contributed by atoms with Crippen LogP contribution in [0.1, 0.15) is 18.9 Å². The number of benzene rings is 1.